The fourth-order valence-electron chi connectivity index (χ4n) is 4.47. The molecule has 4 rings (SSSR count). The van der Waals surface area contributed by atoms with Crippen molar-refractivity contribution in [3.05, 3.63) is 24.2 Å². The molecule has 2 aromatic rings. The van der Waals surface area contributed by atoms with Crippen LogP contribution in [-0.2, 0) is 11.3 Å². The van der Waals surface area contributed by atoms with Crippen LogP contribution in [0.1, 0.15) is 57.6 Å². The number of carbonyl (C=O) groups excluding carboxylic acids is 1. The van der Waals surface area contributed by atoms with E-state index in [2.05, 4.69) is 26.6 Å². The molecule has 0 spiro atoms. The second-order valence-electron chi connectivity index (χ2n) is 8.70. The van der Waals surface area contributed by atoms with Crippen molar-refractivity contribution in [3.63, 3.8) is 0 Å². The van der Waals surface area contributed by atoms with Gasteiger partial charge in [0.05, 0.1) is 18.6 Å². The first kappa shape index (κ1) is 21.3. The second-order valence-corrected chi connectivity index (χ2v) is 9.65. The lowest BCUT2D eigenvalue weighted by atomic mass is 9.87. The maximum absolute atomic E-state index is 12.9. The summed E-state index contributed by atoms with van der Waals surface area (Å²) in [4.78, 5) is 17.1. The zero-order valence-corrected chi connectivity index (χ0v) is 18.9. The molecule has 164 valence electrons. The highest BCUT2D eigenvalue weighted by Crippen LogP contribution is 2.29. The van der Waals surface area contributed by atoms with E-state index in [4.69, 9.17) is 4.42 Å². The van der Waals surface area contributed by atoms with Crippen molar-refractivity contribution in [1.82, 2.24) is 19.7 Å². The number of hydrogen-bond donors (Lipinski definition) is 0. The van der Waals surface area contributed by atoms with Crippen LogP contribution in [0.15, 0.2) is 28.0 Å². The Balaban J connectivity index is 1.43. The molecule has 8 heteroatoms. The van der Waals surface area contributed by atoms with Gasteiger partial charge in [-0.25, -0.2) is 0 Å². The van der Waals surface area contributed by atoms with Crippen LogP contribution >= 0.6 is 11.8 Å². The number of thioether (sulfide) groups is 1. The summed E-state index contributed by atoms with van der Waals surface area (Å²) < 4.78 is 7.68. The lowest BCUT2D eigenvalue weighted by molar-refractivity contribution is -0.129. The summed E-state index contributed by atoms with van der Waals surface area (Å²) in [5.74, 6) is 3.10. The van der Waals surface area contributed by atoms with Crippen LogP contribution < -0.4 is 4.90 Å². The third-order valence-electron chi connectivity index (χ3n) is 6.48. The molecule has 1 saturated carbocycles. The number of anilines is 1. The van der Waals surface area contributed by atoms with E-state index < -0.39 is 0 Å². The number of hydrogen-bond acceptors (Lipinski definition) is 6. The van der Waals surface area contributed by atoms with Crippen molar-refractivity contribution >= 4 is 23.6 Å². The van der Waals surface area contributed by atoms with Gasteiger partial charge in [0.25, 0.3) is 0 Å². The van der Waals surface area contributed by atoms with Crippen LogP contribution in [0.4, 0.5) is 5.95 Å². The van der Waals surface area contributed by atoms with Gasteiger partial charge in [0.1, 0.15) is 5.76 Å². The molecule has 0 radical (unpaired) electrons. The van der Waals surface area contributed by atoms with Crippen molar-refractivity contribution in [3.8, 4) is 0 Å². The molecule has 30 heavy (non-hydrogen) atoms. The van der Waals surface area contributed by atoms with Crippen LogP contribution in [0.3, 0.4) is 0 Å². The summed E-state index contributed by atoms with van der Waals surface area (Å²) in [6, 6.07) is 4.24. The first-order chi connectivity index (χ1) is 14.6. The molecule has 0 aromatic carbocycles. The average molecular weight is 432 g/mol. The zero-order valence-electron chi connectivity index (χ0n) is 18.1. The monoisotopic (exact) mass is 431 g/mol. The smallest absolute Gasteiger partial charge is 0.233 e. The molecule has 0 atom stereocenters. The maximum Gasteiger partial charge on any atom is 0.233 e. The highest BCUT2D eigenvalue weighted by Gasteiger charge is 2.26. The van der Waals surface area contributed by atoms with Crippen molar-refractivity contribution in [1.29, 1.82) is 0 Å². The van der Waals surface area contributed by atoms with Gasteiger partial charge >= 0.3 is 0 Å². The lowest BCUT2D eigenvalue weighted by Crippen LogP contribution is -2.40. The van der Waals surface area contributed by atoms with Crippen LogP contribution in [0, 0.1) is 5.92 Å². The van der Waals surface area contributed by atoms with Crippen molar-refractivity contribution in [2.75, 3.05) is 30.8 Å². The Bertz CT molecular complexity index is 808. The standard InChI is InChI=1S/C22H33N5O2S/c1-17-8-10-18(11-9-17)25(2)20(28)16-30-22-24-23-21(26-12-4-3-5-13-26)27(22)15-19-7-6-14-29-19/h6-7,14,17-18H,3-5,8-13,15-16H2,1-2H3. The van der Waals surface area contributed by atoms with Gasteiger partial charge in [0.15, 0.2) is 5.16 Å². The van der Waals surface area contributed by atoms with Gasteiger partial charge in [-0.3, -0.25) is 9.36 Å². The Labute approximate surface area is 183 Å². The number of piperidine rings is 1. The second kappa shape index (κ2) is 9.90. The van der Waals surface area contributed by atoms with Crippen LogP contribution in [0.2, 0.25) is 0 Å². The van der Waals surface area contributed by atoms with E-state index in [1.807, 2.05) is 24.1 Å². The van der Waals surface area contributed by atoms with E-state index in [1.165, 1.54) is 43.9 Å². The van der Waals surface area contributed by atoms with Gasteiger partial charge < -0.3 is 14.2 Å². The van der Waals surface area contributed by atoms with E-state index in [9.17, 15) is 4.79 Å². The molecule has 3 heterocycles. The first-order valence-electron chi connectivity index (χ1n) is 11.2. The topological polar surface area (TPSA) is 67.4 Å². The molecule has 1 aliphatic carbocycles. The molecule has 1 saturated heterocycles. The highest BCUT2D eigenvalue weighted by atomic mass is 32.2. The number of rotatable bonds is 7. The molecule has 2 aromatic heterocycles. The number of aromatic nitrogens is 3. The minimum Gasteiger partial charge on any atom is -0.467 e. The minimum absolute atomic E-state index is 0.173. The van der Waals surface area contributed by atoms with Crippen molar-refractivity contribution in [2.24, 2.45) is 5.92 Å². The molecule has 2 aliphatic rings. The zero-order chi connectivity index (χ0) is 20.9. The number of nitrogens with zero attached hydrogens (tertiary/aromatic N) is 5. The summed E-state index contributed by atoms with van der Waals surface area (Å²) in [7, 11) is 1.95. The maximum atomic E-state index is 12.9. The number of carbonyl (C=O) groups is 1. The van der Waals surface area contributed by atoms with Crippen molar-refractivity contribution < 1.29 is 9.21 Å². The highest BCUT2D eigenvalue weighted by molar-refractivity contribution is 7.99. The SMILES string of the molecule is CC1CCC(N(C)C(=O)CSc2nnc(N3CCCCC3)n2Cc2ccco2)CC1. The molecule has 0 N–H and O–H groups in total. The predicted octanol–water partition coefficient (Wildman–Crippen LogP) is 4.04. The van der Waals surface area contributed by atoms with E-state index in [0.29, 0.717) is 18.3 Å². The van der Waals surface area contributed by atoms with Crippen LogP contribution in [-0.4, -0.2) is 57.5 Å². The third-order valence-corrected chi connectivity index (χ3v) is 7.43. The fraction of sp³-hybridized carbons (Fsp3) is 0.682. The average Bonchev–Trinajstić information content (AvgIpc) is 3.43. The van der Waals surface area contributed by atoms with Gasteiger partial charge in [0, 0.05) is 26.2 Å². The Morgan fingerprint density at radius 3 is 2.67 bits per heavy atom. The largest absolute Gasteiger partial charge is 0.467 e. The van der Waals surface area contributed by atoms with Gasteiger partial charge in [-0.05, 0) is 63.0 Å². The third kappa shape index (κ3) is 5.02. The quantitative estimate of drug-likeness (QED) is 0.617. The fourth-order valence-corrected chi connectivity index (χ4v) is 5.33. The molecular weight excluding hydrogens is 398 g/mol. The number of furan rings is 1. The Morgan fingerprint density at radius 1 is 1.20 bits per heavy atom. The Hall–Kier alpha value is -1.96. The Morgan fingerprint density at radius 2 is 1.97 bits per heavy atom. The van der Waals surface area contributed by atoms with Gasteiger partial charge in [-0.15, -0.1) is 10.2 Å². The summed E-state index contributed by atoms with van der Waals surface area (Å²) in [6.45, 7) is 4.89. The molecule has 7 nitrogen and oxygen atoms in total. The lowest BCUT2D eigenvalue weighted by Gasteiger charge is -2.33. The summed E-state index contributed by atoms with van der Waals surface area (Å²) in [5.41, 5.74) is 0. The summed E-state index contributed by atoms with van der Waals surface area (Å²) >= 11 is 1.48. The molecule has 1 aliphatic heterocycles. The molecular formula is C22H33N5O2S. The summed E-state index contributed by atoms with van der Waals surface area (Å²) in [6.07, 6.45) is 9.97. The van der Waals surface area contributed by atoms with Crippen LogP contribution in [0.5, 0.6) is 0 Å². The van der Waals surface area contributed by atoms with E-state index in [0.717, 1.165) is 48.7 Å². The van der Waals surface area contributed by atoms with E-state index in [-0.39, 0.29) is 5.91 Å². The van der Waals surface area contributed by atoms with E-state index in [1.54, 1.807) is 6.26 Å². The van der Waals surface area contributed by atoms with Gasteiger partial charge in [-0.2, -0.15) is 0 Å². The molecule has 2 fully saturated rings. The van der Waals surface area contributed by atoms with Gasteiger partial charge in [-0.1, -0.05) is 18.7 Å². The summed E-state index contributed by atoms with van der Waals surface area (Å²) in [5, 5.41) is 9.72. The Kier molecular flexibility index (Phi) is 7.02. The predicted molar refractivity (Wildman–Crippen MR) is 119 cm³/mol. The minimum atomic E-state index is 0.173. The first-order valence-corrected chi connectivity index (χ1v) is 12.2. The molecule has 1 amide bonds. The molecule has 0 bridgehead atoms. The molecule has 0 unspecified atom stereocenters. The van der Waals surface area contributed by atoms with Crippen LogP contribution in [0.25, 0.3) is 0 Å². The normalized spacial score (nSPS) is 22.3. The van der Waals surface area contributed by atoms with Crippen molar-refractivity contribution in [2.45, 2.75) is 69.6 Å². The van der Waals surface area contributed by atoms with E-state index >= 15 is 0 Å². The van der Waals surface area contributed by atoms with Gasteiger partial charge in [0.2, 0.25) is 11.9 Å². The number of amides is 1.